The van der Waals surface area contributed by atoms with Gasteiger partial charge in [0.1, 0.15) is 6.10 Å². The third-order valence-electron chi connectivity index (χ3n) is 6.05. The molecule has 2 bridgehead atoms. The van der Waals surface area contributed by atoms with Crippen LogP contribution >= 0.6 is 0 Å². The van der Waals surface area contributed by atoms with E-state index >= 15 is 0 Å². The Kier molecular flexibility index (Phi) is 3.51. The summed E-state index contributed by atoms with van der Waals surface area (Å²) < 4.78 is 12.2. The molecule has 2 saturated heterocycles. The first-order valence-electron chi connectivity index (χ1n) is 8.70. The summed E-state index contributed by atoms with van der Waals surface area (Å²) >= 11 is 0. The van der Waals surface area contributed by atoms with Gasteiger partial charge < -0.3 is 9.47 Å². The largest absolute Gasteiger partial charge is 0.447 e. The number of hydrogen-bond donors (Lipinski definition) is 1. The molecule has 4 atom stereocenters. The monoisotopic (exact) mass is 347 g/mol. The first-order chi connectivity index (χ1) is 12.6. The molecule has 0 spiro atoms. The van der Waals surface area contributed by atoms with Crippen molar-refractivity contribution in [2.45, 2.75) is 44.0 Å². The van der Waals surface area contributed by atoms with Crippen molar-refractivity contribution in [3.05, 3.63) is 30.1 Å². The molecule has 0 unspecified atom stereocenters. The molecule has 130 valence electrons. The number of ether oxygens (including phenoxy) is 2. The van der Waals surface area contributed by atoms with Crippen molar-refractivity contribution in [3.63, 3.8) is 0 Å². The van der Waals surface area contributed by atoms with Gasteiger partial charge in [0.05, 0.1) is 24.1 Å². The van der Waals surface area contributed by atoms with Crippen molar-refractivity contribution < 1.29 is 9.47 Å². The van der Waals surface area contributed by atoms with E-state index in [1.165, 1.54) is 6.20 Å². The molecule has 3 heterocycles. The molecule has 2 aliphatic heterocycles. The summed E-state index contributed by atoms with van der Waals surface area (Å²) in [6.45, 7) is 0. The lowest BCUT2D eigenvalue weighted by molar-refractivity contribution is -0.285. The van der Waals surface area contributed by atoms with Crippen molar-refractivity contribution >= 4 is 5.90 Å². The van der Waals surface area contributed by atoms with Gasteiger partial charge in [0.25, 0.3) is 0 Å². The summed E-state index contributed by atoms with van der Waals surface area (Å²) in [6.07, 6.45) is 5.89. The van der Waals surface area contributed by atoms with Gasteiger partial charge in [0.15, 0.2) is 5.41 Å². The van der Waals surface area contributed by atoms with E-state index in [2.05, 4.69) is 23.2 Å². The maximum absolute atomic E-state index is 10.2. The van der Waals surface area contributed by atoms with Gasteiger partial charge in [0, 0.05) is 24.4 Å². The maximum atomic E-state index is 10.2. The van der Waals surface area contributed by atoms with Crippen LogP contribution in [0.5, 0.6) is 0 Å². The first-order valence-corrected chi connectivity index (χ1v) is 8.70. The molecule has 3 aliphatic rings. The number of rotatable bonds is 1. The van der Waals surface area contributed by atoms with Crippen LogP contribution in [0.15, 0.2) is 24.5 Å². The lowest BCUT2D eigenvalue weighted by atomic mass is 9.52. The molecule has 1 aliphatic carbocycles. The molecule has 1 aromatic rings. The minimum Gasteiger partial charge on any atom is -0.447 e. The number of aromatic nitrogens is 1. The summed E-state index contributed by atoms with van der Waals surface area (Å²) in [5.74, 6) is -1.97. The van der Waals surface area contributed by atoms with Gasteiger partial charge in [0.2, 0.25) is 17.1 Å². The Bertz CT molecular complexity index is 866. The normalized spacial score (nSPS) is 37.2. The lowest BCUT2D eigenvalue weighted by Gasteiger charge is -2.49. The van der Waals surface area contributed by atoms with Gasteiger partial charge in [-0.2, -0.15) is 15.8 Å². The Balaban J connectivity index is 2.01. The van der Waals surface area contributed by atoms with E-state index < -0.39 is 28.6 Å². The van der Waals surface area contributed by atoms with Crippen LogP contribution in [0, 0.1) is 56.2 Å². The molecule has 4 rings (SSSR count). The fourth-order valence-corrected chi connectivity index (χ4v) is 4.87. The number of nitriles is 3. The third kappa shape index (κ3) is 1.72. The fraction of sp³-hybridized carbons (Fsp3) is 0.526. The average molecular weight is 347 g/mol. The molecule has 0 amide bonds. The van der Waals surface area contributed by atoms with Gasteiger partial charge in [-0.1, -0.05) is 18.9 Å². The van der Waals surface area contributed by atoms with Gasteiger partial charge in [-0.15, -0.1) is 0 Å². The summed E-state index contributed by atoms with van der Waals surface area (Å²) in [7, 11) is 0. The third-order valence-corrected chi connectivity index (χ3v) is 6.05. The molecular weight excluding hydrogens is 330 g/mol. The highest BCUT2D eigenvalue weighted by Gasteiger charge is 2.80. The minimum absolute atomic E-state index is 0.318. The number of nitrogens with one attached hydrogen (secondary N) is 1. The topological polar surface area (TPSA) is 127 Å². The van der Waals surface area contributed by atoms with Crippen molar-refractivity contribution in [3.8, 4) is 18.2 Å². The zero-order chi connectivity index (χ0) is 18.4. The van der Waals surface area contributed by atoms with Crippen LogP contribution < -0.4 is 0 Å². The molecule has 26 heavy (non-hydrogen) atoms. The van der Waals surface area contributed by atoms with Crippen LogP contribution in [0.2, 0.25) is 0 Å². The second-order valence-corrected chi connectivity index (χ2v) is 7.13. The molecule has 7 nitrogen and oxygen atoms in total. The van der Waals surface area contributed by atoms with Crippen LogP contribution in [0.3, 0.4) is 0 Å². The van der Waals surface area contributed by atoms with E-state index in [1.54, 1.807) is 18.3 Å². The minimum atomic E-state index is -1.88. The van der Waals surface area contributed by atoms with E-state index in [4.69, 9.17) is 14.9 Å². The van der Waals surface area contributed by atoms with Crippen molar-refractivity contribution in [1.29, 1.82) is 21.2 Å². The van der Waals surface area contributed by atoms with E-state index in [9.17, 15) is 15.8 Å². The predicted molar refractivity (Wildman–Crippen MR) is 87.9 cm³/mol. The van der Waals surface area contributed by atoms with Gasteiger partial charge in [-0.25, -0.2) is 0 Å². The highest BCUT2D eigenvalue weighted by atomic mass is 16.7. The molecule has 0 radical (unpaired) electrons. The SMILES string of the molecule is N#CC1(C#N)[C@@H](c2cccnc2)O[C@@]23CCCCC[C@H]2[C@]1(C#N)C(=N)O3. The fourth-order valence-electron chi connectivity index (χ4n) is 4.87. The van der Waals surface area contributed by atoms with Crippen LogP contribution in [-0.2, 0) is 9.47 Å². The molecule has 1 saturated carbocycles. The summed E-state index contributed by atoms with van der Waals surface area (Å²) in [5.41, 5.74) is -2.99. The van der Waals surface area contributed by atoms with Crippen LogP contribution in [0.25, 0.3) is 0 Å². The lowest BCUT2D eigenvalue weighted by Crippen LogP contribution is -2.59. The zero-order valence-electron chi connectivity index (χ0n) is 14.1. The second-order valence-electron chi connectivity index (χ2n) is 7.13. The van der Waals surface area contributed by atoms with Crippen molar-refractivity contribution in [1.82, 2.24) is 4.98 Å². The first kappa shape index (κ1) is 16.5. The smallest absolute Gasteiger partial charge is 0.217 e. The second kappa shape index (κ2) is 5.53. The van der Waals surface area contributed by atoms with Crippen LogP contribution in [0.1, 0.15) is 43.8 Å². The maximum Gasteiger partial charge on any atom is 0.217 e. The van der Waals surface area contributed by atoms with Crippen molar-refractivity contribution in [2.75, 3.05) is 0 Å². The highest BCUT2D eigenvalue weighted by Crippen LogP contribution is 2.68. The Hall–Kier alpha value is -2.95. The van der Waals surface area contributed by atoms with E-state index in [-0.39, 0.29) is 5.90 Å². The Labute approximate surface area is 151 Å². The molecule has 1 N–H and O–H groups in total. The summed E-state index contributed by atoms with van der Waals surface area (Å²) in [5, 5.41) is 38.8. The number of nitrogens with zero attached hydrogens (tertiary/aromatic N) is 4. The predicted octanol–water partition coefficient (Wildman–Crippen LogP) is 2.98. The Morgan fingerprint density at radius 1 is 1.15 bits per heavy atom. The zero-order valence-corrected chi connectivity index (χ0v) is 14.1. The summed E-state index contributed by atoms with van der Waals surface area (Å²) in [6, 6.07) is 9.72. The molecule has 1 aromatic heterocycles. The van der Waals surface area contributed by atoms with Crippen molar-refractivity contribution in [2.24, 2.45) is 16.7 Å². The standard InChI is InChI=1S/C19H17N5O2/c20-10-17(11-21)15(13-5-4-8-24-9-13)25-19-7-3-1-2-6-14(19)18(17,12-22)16(23)26-19/h4-5,8-9,14-15,23H,1-3,6-7H2/t14-,15+,18+,19+/m0/s1. The van der Waals surface area contributed by atoms with Crippen LogP contribution in [0.4, 0.5) is 0 Å². The molecule has 3 fully saturated rings. The van der Waals surface area contributed by atoms with Gasteiger partial charge in [-0.05, 0) is 18.9 Å². The Morgan fingerprint density at radius 2 is 1.96 bits per heavy atom. The summed E-state index contributed by atoms with van der Waals surface area (Å²) in [4.78, 5) is 4.08. The van der Waals surface area contributed by atoms with E-state index in [0.717, 1.165) is 19.3 Å². The van der Waals surface area contributed by atoms with E-state index in [1.807, 2.05) is 0 Å². The van der Waals surface area contributed by atoms with Gasteiger partial charge >= 0.3 is 0 Å². The van der Waals surface area contributed by atoms with Crippen LogP contribution in [-0.4, -0.2) is 16.7 Å². The van der Waals surface area contributed by atoms with Gasteiger partial charge in [-0.3, -0.25) is 10.4 Å². The Morgan fingerprint density at radius 3 is 2.62 bits per heavy atom. The highest BCUT2D eigenvalue weighted by molar-refractivity contribution is 5.89. The molecule has 7 heteroatoms. The average Bonchev–Trinajstić information content (AvgIpc) is 2.81. The molecule has 0 aromatic carbocycles. The van der Waals surface area contributed by atoms with E-state index in [0.29, 0.717) is 18.4 Å². The number of hydrogen-bond acceptors (Lipinski definition) is 7. The quantitative estimate of drug-likeness (QED) is 0.832. The number of pyridine rings is 1. The molecular formula is C19H17N5O2.